The first kappa shape index (κ1) is 23.7. The predicted octanol–water partition coefficient (Wildman–Crippen LogP) is 5.86. The zero-order chi connectivity index (χ0) is 24.3. The van der Waals surface area contributed by atoms with E-state index in [2.05, 4.69) is 19.2 Å². The van der Waals surface area contributed by atoms with Crippen molar-refractivity contribution in [2.45, 2.75) is 33.6 Å². The number of carbonyl (C=O) groups is 2. The van der Waals surface area contributed by atoms with Gasteiger partial charge in [-0.3, -0.25) is 19.7 Å². The van der Waals surface area contributed by atoms with Crippen LogP contribution in [0, 0.1) is 24.0 Å². The number of amides is 2. The molecule has 0 aliphatic heterocycles. The Morgan fingerprint density at radius 1 is 0.970 bits per heavy atom. The molecule has 3 aromatic carbocycles. The number of benzene rings is 3. The lowest BCUT2D eigenvalue weighted by atomic mass is 9.96. The Bertz CT molecular complexity index is 1200. The summed E-state index contributed by atoms with van der Waals surface area (Å²) in [4.78, 5) is 38.6. The molecule has 1 N–H and O–H groups in total. The predicted molar refractivity (Wildman–Crippen MR) is 130 cm³/mol. The van der Waals surface area contributed by atoms with E-state index in [0.29, 0.717) is 17.2 Å². The molecule has 7 nitrogen and oxygen atoms in total. The lowest BCUT2D eigenvalue weighted by Gasteiger charge is -2.19. The number of para-hydroxylation sites is 1. The van der Waals surface area contributed by atoms with Crippen LogP contribution in [0.4, 0.5) is 17.1 Å². The smallest absolute Gasteiger partial charge is 0.305 e. The van der Waals surface area contributed by atoms with Crippen LogP contribution in [-0.4, -0.2) is 23.8 Å². The number of nitro groups is 1. The van der Waals surface area contributed by atoms with Crippen LogP contribution in [0.25, 0.3) is 0 Å². The minimum absolute atomic E-state index is 0.0464. The van der Waals surface area contributed by atoms with Gasteiger partial charge in [0.1, 0.15) is 11.3 Å². The number of anilines is 2. The zero-order valence-electron chi connectivity index (χ0n) is 19.4. The highest BCUT2D eigenvalue weighted by molar-refractivity contribution is 6.12. The fraction of sp³-hybridized carbons (Fsp3) is 0.231. The Kier molecular flexibility index (Phi) is 6.92. The van der Waals surface area contributed by atoms with Gasteiger partial charge in [-0.05, 0) is 60.7 Å². The van der Waals surface area contributed by atoms with Crippen LogP contribution in [0.5, 0.6) is 0 Å². The van der Waals surface area contributed by atoms with Crippen molar-refractivity contribution in [3.05, 3.63) is 98.6 Å². The van der Waals surface area contributed by atoms with Crippen LogP contribution in [0.3, 0.4) is 0 Å². The lowest BCUT2D eigenvalue weighted by molar-refractivity contribution is -0.384. The maximum absolute atomic E-state index is 13.2. The fourth-order valence-corrected chi connectivity index (χ4v) is 3.77. The number of nitrogens with zero attached hydrogens (tertiary/aromatic N) is 2. The summed E-state index contributed by atoms with van der Waals surface area (Å²) < 4.78 is 0. The Morgan fingerprint density at radius 2 is 1.58 bits per heavy atom. The van der Waals surface area contributed by atoms with Crippen molar-refractivity contribution >= 4 is 28.9 Å². The molecule has 0 heterocycles. The summed E-state index contributed by atoms with van der Waals surface area (Å²) >= 11 is 0. The normalized spacial score (nSPS) is 10.7. The van der Waals surface area contributed by atoms with Crippen molar-refractivity contribution in [2.75, 3.05) is 17.3 Å². The van der Waals surface area contributed by atoms with Crippen molar-refractivity contribution in [1.82, 2.24) is 0 Å². The van der Waals surface area contributed by atoms with Gasteiger partial charge in [0.25, 0.3) is 11.8 Å². The van der Waals surface area contributed by atoms with Crippen LogP contribution in [0.15, 0.2) is 60.7 Å². The van der Waals surface area contributed by atoms with Crippen molar-refractivity contribution in [3.8, 4) is 0 Å². The highest BCUT2D eigenvalue weighted by atomic mass is 16.6. The molecule has 0 atom stereocenters. The van der Waals surface area contributed by atoms with Crippen molar-refractivity contribution in [3.63, 3.8) is 0 Å². The molecule has 3 aromatic rings. The van der Waals surface area contributed by atoms with Gasteiger partial charge in [0, 0.05) is 18.3 Å². The first-order chi connectivity index (χ1) is 15.6. The van der Waals surface area contributed by atoms with E-state index >= 15 is 0 Å². The zero-order valence-corrected chi connectivity index (χ0v) is 19.4. The van der Waals surface area contributed by atoms with Gasteiger partial charge in [0.2, 0.25) is 0 Å². The van der Waals surface area contributed by atoms with E-state index in [1.807, 2.05) is 26.0 Å². The molecule has 0 aliphatic carbocycles. The van der Waals surface area contributed by atoms with Crippen molar-refractivity contribution in [2.24, 2.45) is 0 Å². The summed E-state index contributed by atoms with van der Waals surface area (Å²) in [5.74, 6) is -0.678. The Morgan fingerprint density at radius 3 is 2.12 bits per heavy atom. The number of aryl methyl sites for hydroxylation is 2. The Balaban J connectivity index is 2.00. The molecule has 2 amide bonds. The monoisotopic (exact) mass is 445 g/mol. The first-order valence-corrected chi connectivity index (χ1v) is 10.6. The van der Waals surface area contributed by atoms with Gasteiger partial charge in [0.15, 0.2) is 0 Å². The summed E-state index contributed by atoms with van der Waals surface area (Å²) in [7, 11) is 1.46. The second kappa shape index (κ2) is 9.65. The highest BCUT2D eigenvalue weighted by Gasteiger charge is 2.29. The molecule has 0 bridgehead atoms. The minimum atomic E-state index is -0.624. The molecule has 0 aromatic heterocycles. The van der Waals surface area contributed by atoms with Gasteiger partial charge in [0.05, 0.1) is 4.92 Å². The van der Waals surface area contributed by atoms with E-state index in [-0.39, 0.29) is 11.3 Å². The summed E-state index contributed by atoms with van der Waals surface area (Å²) in [6.45, 7) is 7.97. The maximum atomic E-state index is 13.2. The van der Waals surface area contributed by atoms with Gasteiger partial charge in [-0.2, -0.15) is 0 Å². The van der Waals surface area contributed by atoms with E-state index in [1.54, 1.807) is 30.3 Å². The van der Waals surface area contributed by atoms with Crippen molar-refractivity contribution in [1.29, 1.82) is 0 Å². The maximum Gasteiger partial charge on any atom is 0.305 e. The van der Waals surface area contributed by atoms with Gasteiger partial charge in [-0.15, -0.1) is 0 Å². The van der Waals surface area contributed by atoms with Gasteiger partial charge in [-0.1, -0.05) is 50.2 Å². The third kappa shape index (κ3) is 4.92. The summed E-state index contributed by atoms with van der Waals surface area (Å²) in [6.07, 6.45) is 0. The van der Waals surface area contributed by atoms with Gasteiger partial charge < -0.3 is 10.2 Å². The quantitative estimate of drug-likeness (QED) is 0.380. The summed E-state index contributed by atoms with van der Waals surface area (Å²) in [5.41, 5.74) is 3.43. The van der Waals surface area contributed by atoms with Crippen LogP contribution in [0.1, 0.15) is 57.2 Å². The number of nitrogens with one attached hydrogen (secondary N) is 1. The molecule has 0 aliphatic rings. The third-order valence-electron chi connectivity index (χ3n) is 5.59. The molecular weight excluding hydrogens is 418 g/mol. The van der Waals surface area contributed by atoms with E-state index in [9.17, 15) is 19.7 Å². The van der Waals surface area contributed by atoms with E-state index in [0.717, 1.165) is 16.7 Å². The van der Waals surface area contributed by atoms with Crippen LogP contribution >= 0.6 is 0 Å². The summed E-state index contributed by atoms with van der Waals surface area (Å²) in [5, 5.41) is 14.8. The standard InChI is InChI=1S/C26H27N3O4/c1-16(2)20-14-17(3)23(18(4)15-20)27-25(30)21-12-9-13-22(24(21)29(32)33)28(5)26(31)19-10-7-6-8-11-19/h6-16H,1-5H3,(H,27,30). The Hall–Kier alpha value is -4.00. The van der Waals surface area contributed by atoms with Gasteiger partial charge in [-0.25, -0.2) is 0 Å². The average Bonchev–Trinajstić information content (AvgIpc) is 2.80. The van der Waals surface area contributed by atoms with Crippen LogP contribution in [-0.2, 0) is 0 Å². The first-order valence-electron chi connectivity index (χ1n) is 10.6. The number of hydrogen-bond donors (Lipinski definition) is 1. The molecular formula is C26H27N3O4. The summed E-state index contributed by atoms with van der Waals surface area (Å²) in [6, 6.07) is 16.9. The number of rotatable bonds is 6. The molecule has 0 fully saturated rings. The molecule has 0 unspecified atom stereocenters. The fourth-order valence-electron chi connectivity index (χ4n) is 3.77. The topological polar surface area (TPSA) is 92.6 Å². The number of nitro benzene ring substituents is 1. The largest absolute Gasteiger partial charge is 0.321 e. The van der Waals surface area contributed by atoms with E-state index < -0.39 is 22.4 Å². The lowest BCUT2D eigenvalue weighted by Crippen LogP contribution is -2.27. The Labute approximate surface area is 193 Å². The third-order valence-corrected chi connectivity index (χ3v) is 5.59. The molecule has 0 spiro atoms. The molecule has 3 rings (SSSR count). The molecule has 0 saturated heterocycles. The number of carbonyl (C=O) groups excluding carboxylic acids is 2. The van der Waals surface area contributed by atoms with E-state index in [1.165, 1.54) is 30.1 Å². The minimum Gasteiger partial charge on any atom is -0.321 e. The molecule has 0 radical (unpaired) electrons. The number of hydrogen-bond acceptors (Lipinski definition) is 4. The van der Waals surface area contributed by atoms with E-state index in [4.69, 9.17) is 0 Å². The molecule has 7 heteroatoms. The van der Waals surface area contributed by atoms with Crippen molar-refractivity contribution < 1.29 is 14.5 Å². The van der Waals surface area contributed by atoms with Crippen LogP contribution in [0.2, 0.25) is 0 Å². The highest BCUT2D eigenvalue weighted by Crippen LogP contribution is 2.33. The van der Waals surface area contributed by atoms with Gasteiger partial charge >= 0.3 is 5.69 Å². The second-order valence-corrected chi connectivity index (χ2v) is 8.30. The molecule has 33 heavy (non-hydrogen) atoms. The molecule has 170 valence electrons. The average molecular weight is 446 g/mol. The SMILES string of the molecule is Cc1cc(C(C)C)cc(C)c1NC(=O)c1cccc(N(C)C(=O)c2ccccc2)c1[N+](=O)[O-]. The van der Waals surface area contributed by atoms with Crippen LogP contribution < -0.4 is 10.2 Å². The molecule has 0 saturated carbocycles. The second-order valence-electron chi connectivity index (χ2n) is 8.30.